The molecule has 2 aromatic heterocycles. The van der Waals surface area contributed by atoms with Crippen LogP contribution in [-0.2, 0) is 4.79 Å². The van der Waals surface area contributed by atoms with Gasteiger partial charge in [0, 0.05) is 0 Å². The molecule has 0 saturated heterocycles. The maximum Gasteiger partial charge on any atom is 0.490 e. The van der Waals surface area contributed by atoms with E-state index in [-0.39, 0.29) is 0 Å². The minimum absolute atomic E-state index is 0.502. The van der Waals surface area contributed by atoms with Crippen LogP contribution in [0.4, 0.5) is 19.0 Å². The second kappa shape index (κ2) is 6.25. The lowest BCUT2D eigenvalue weighted by atomic mass is 10.1. The largest absolute Gasteiger partial charge is 0.490 e. The maximum atomic E-state index is 10.6. The maximum absolute atomic E-state index is 10.6. The number of nitrogens with two attached hydrogens (primary N) is 1. The van der Waals surface area contributed by atoms with Gasteiger partial charge in [-0.25, -0.2) is 9.78 Å². The van der Waals surface area contributed by atoms with E-state index in [4.69, 9.17) is 20.2 Å². The number of alkyl halides is 3. The van der Waals surface area contributed by atoms with Gasteiger partial charge in [0.2, 0.25) is 0 Å². The summed E-state index contributed by atoms with van der Waals surface area (Å²) in [5.74, 6) is -1.49. The molecular formula is C12H12F3N3O3. The number of pyridine rings is 1. The van der Waals surface area contributed by atoms with E-state index in [0.717, 1.165) is 22.7 Å². The highest BCUT2D eigenvalue weighted by Gasteiger charge is 2.38. The van der Waals surface area contributed by atoms with Crippen LogP contribution in [0.25, 0.3) is 11.3 Å². The quantitative estimate of drug-likeness (QED) is 0.839. The Morgan fingerprint density at radius 3 is 2.29 bits per heavy atom. The molecule has 0 atom stereocenters. The summed E-state index contributed by atoms with van der Waals surface area (Å²) in [6, 6.07) is 5.51. The number of aryl methyl sites for hydroxylation is 2. The van der Waals surface area contributed by atoms with Gasteiger partial charge < -0.3 is 15.4 Å². The van der Waals surface area contributed by atoms with E-state index in [1.54, 1.807) is 6.07 Å². The number of hydrogen-bond donors (Lipinski definition) is 2. The summed E-state index contributed by atoms with van der Waals surface area (Å²) in [4.78, 5) is 13.1. The van der Waals surface area contributed by atoms with E-state index in [2.05, 4.69) is 10.1 Å². The van der Waals surface area contributed by atoms with Gasteiger partial charge in [-0.3, -0.25) is 0 Å². The number of nitrogens with zero attached hydrogens (tertiary/aromatic N) is 2. The molecular weight excluding hydrogens is 291 g/mol. The summed E-state index contributed by atoms with van der Waals surface area (Å²) < 4.78 is 36.8. The predicted molar refractivity (Wildman–Crippen MR) is 67.3 cm³/mol. The Kier molecular flexibility index (Phi) is 4.90. The van der Waals surface area contributed by atoms with Crippen molar-refractivity contribution in [3.63, 3.8) is 0 Å². The van der Waals surface area contributed by atoms with Gasteiger partial charge in [-0.2, -0.15) is 13.2 Å². The Balaban J connectivity index is 0.000000270. The summed E-state index contributed by atoms with van der Waals surface area (Å²) in [6.07, 6.45) is -5.08. The van der Waals surface area contributed by atoms with Crippen molar-refractivity contribution in [3.05, 3.63) is 29.7 Å². The highest BCUT2D eigenvalue weighted by molar-refractivity contribution is 5.73. The second-order valence-corrected chi connectivity index (χ2v) is 3.95. The van der Waals surface area contributed by atoms with Crippen LogP contribution in [0.1, 0.15) is 11.5 Å². The summed E-state index contributed by atoms with van der Waals surface area (Å²) in [7, 11) is 0. The summed E-state index contributed by atoms with van der Waals surface area (Å²) >= 11 is 0. The van der Waals surface area contributed by atoms with Crippen LogP contribution < -0.4 is 5.73 Å². The van der Waals surface area contributed by atoms with Gasteiger partial charge in [0.25, 0.3) is 0 Å². The van der Waals surface area contributed by atoms with Gasteiger partial charge in [-0.05, 0) is 26.0 Å². The van der Waals surface area contributed by atoms with Gasteiger partial charge >= 0.3 is 12.1 Å². The van der Waals surface area contributed by atoms with E-state index >= 15 is 0 Å². The molecule has 6 nitrogen and oxygen atoms in total. The lowest BCUT2D eigenvalue weighted by molar-refractivity contribution is -0.192. The van der Waals surface area contributed by atoms with Gasteiger partial charge in [0.1, 0.15) is 11.6 Å². The van der Waals surface area contributed by atoms with Crippen LogP contribution in [0.5, 0.6) is 0 Å². The summed E-state index contributed by atoms with van der Waals surface area (Å²) in [6.45, 7) is 3.75. The molecule has 0 radical (unpaired) electrons. The van der Waals surface area contributed by atoms with E-state index in [1.807, 2.05) is 26.0 Å². The number of nitrogen functional groups attached to an aromatic ring is 1. The van der Waals surface area contributed by atoms with Crippen LogP contribution >= 0.6 is 0 Å². The highest BCUT2D eigenvalue weighted by Crippen LogP contribution is 2.25. The van der Waals surface area contributed by atoms with Crippen molar-refractivity contribution in [2.75, 3.05) is 5.73 Å². The molecule has 114 valence electrons. The third-order valence-electron chi connectivity index (χ3n) is 2.30. The molecule has 2 aromatic rings. The third kappa shape index (κ3) is 4.48. The Morgan fingerprint density at radius 1 is 1.33 bits per heavy atom. The highest BCUT2D eigenvalue weighted by atomic mass is 19.4. The van der Waals surface area contributed by atoms with E-state index < -0.39 is 12.1 Å². The first-order valence-electron chi connectivity index (χ1n) is 5.58. The molecule has 0 aliphatic carbocycles. The van der Waals surface area contributed by atoms with Crippen molar-refractivity contribution in [3.8, 4) is 11.3 Å². The first-order chi connectivity index (χ1) is 9.62. The summed E-state index contributed by atoms with van der Waals surface area (Å²) in [5, 5.41) is 11.0. The first kappa shape index (κ1) is 16.5. The fourth-order valence-electron chi connectivity index (χ4n) is 1.44. The molecule has 0 amide bonds. The van der Waals surface area contributed by atoms with Gasteiger partial charge in [-0.15, -0.1) is 0 Å². The number of halogens is 3. The van der Waals surface area contributed by atoms with Crippen LogP contribution in [0, 0.1) is 13.8 Å². The number of anilines is 1. The van der Waals surface area contributed by atoms with Gasteiger partial charge in [0.05, 0.1) is 17.0 Å². The standard InChI is InChI=1S/C10H11N3O.C2HF3O2/c1-6-10(7(2)14-13-6)8-4-3-5-9(11)12-8;3-2(4,5)1(6)7/h3-5H,1-2H3,(H2,11,12);(H,6,7). The van der Waals surface area contributed by atoms with E-state index in [1.165, 1.54) is 0 Å². The molecule has 3 N–H and O–H groups in total. The zero-order valence-electron chi connectivity index (χ0n) is 11.1. The molecule has 21 heavy (non-hydrogen) atoms. The lowest BCUT2D eigenvalue weighted by Crippen LogP contribution is -2.21. The zero-order chi connectivity index (χ0) is 16.2. The lowest BCUT2D eigenvalue weighted by Gasteiger charge is -1.99. The van der Waals surface area contributed by atoms with Crippen molar-refractivity contribution < 1.29 is 27.6 Å². The Bertz CT molecular complexity index is 619. The second-order valence-electron chi connectivity index (χ2n) is 3.95. The molecule has 0 bridgehead atoms. The number of hydrogen-bond acceptors (Lipinski definition) is 5. The minimum atomic E-state index is -5.08. The third-order valence-corrected chi connectivity index (χ3v) is 2.30. The number of aliphatic carboxylic acids is 1. The SMILES string of the molecule is Cc1noc(C)c1-c1cccc(N)n1.O=C(O)C(F)(F)F. The van der Waals surface area contributed by atoms with Crippen LogP contribution in [0.3, 0.4) is 0 Å². The molecule has 0 aliphatic heterocycles. The van der Waals surface area contributed by atoms with E-state index in [9.17, 15) is 13.2 Å². The van der Waals surface area contributed by atoms with E-state index in [0.29, 0.717) is 5.82 Å². The topological polar surface area (TPSA) is 102 Å². The molecule has 0 aliphatic rings. The number of carboxylic acids is 1. The number of aromatic nitrogens is 2. The zero-order valence-corrected chi connectivity index (χ0v) is 11.1. The number of rotatable bonds is 1. The summed E-state index contributed by atoms with van der Waals surface area (Å²) in [5.41, 5.74) is 8.17. The number of carboxylic acid groups (broad SMARTS) is 1. The average Bonchev–Trinajstić information content (AvgIpc) is 2.68. The molecule has 0 aromatic carbocycles. The van der Waals surface area contributed by atoms with Crippen LogP contribution in [-0.4, -0.2) is 27.4 Å². The molecule has 2 rings (SSSR count). The van der Waals surface area contributed by atoms with Crippen molar-refractivity contribution >= 4 is 11.8 Å². The Hall–Kier alpha value is -2.58. The van der Waals surface area contributed by atoms with Gasteiger partial charge in [0.15, 0.2) is 0 Å². The van der Waals surface area contributed by atoms with Gasteiger partial charge in [-0.1, -0.05) is 11.2 Å². The van der Waals surface area contributed by atoms with Crippen molar-refractivity contribution in [2.24, 2.45) is 0 Å². The average molecular weight is 303 g/mol. The fraction of sp³-hybridized carbons (Fsp3) is 0.250. The van der Waals surface area contributed by atoms with Crippen molar-refractivity contribution in [1.82, 2.24) is 10.1 Å². The fourth-order valence-corrected chi connectivity index (χ4v) is 1.44. The minimum Gasteiger partial charge on any atom is -0.475 e. The smallest absolute Gasteiger partial charge is 0.475 e. The van der Waals surface area contributed by atoms with Crippen molar-refractivity contribution in [2.45, 2.75) is 20.0 Å². The molecule has 9 heteroatoms. The van der Waals surface area contributed by atoms with Crippen LogP contribution in [0.2, 0.25) is 0 Å². The van der Waals surface area contributed by atoms with Crippen LogP contribution in [0.15, 0.2) is 22.7 Å². The normalized spacial score (nSPS) is 10.7. The Labute approximate surface area is 117 Å². The monoisotopic (exact) mass is 303 g/mol. The molecule has 2 heterocycles. The molecule has 0 spiro atoms. The molecule has 0 fully saturated rings. The molecule has 0 saturated carbocycles. The van der Waals surface area contributed by atoms with Crippen molar-refractivity contribution in [1.29, 1.82) is 0 Å². The first-order valence-corrected chi connectivity index (χ1v) is 5.58. The Morgan fingerprint density at radius 2 is 1.90 bits per heavy atom. The predicted octanol–water partition coefficient (Wildman–Crippen LogP) is 2.57. The number of carbonyl (C=O) groups is 1. The molecule has 0 unspecified atom stereocenters.